The maximum atomic E-state index is 12.3. The van der Waals surface area contributed by atoms with Crippen LogP contribution in [0.2, 0.25) is 0 Å². The van der Waals surface area contributed by atoms with Gasteiger partial charge < -0.3 is 10.0 Å². The molecule has 9 heteroatoms. The van der Waals surface area contributed by atoms with Gasteiger partial charge in [0, 0.05) is 10.6 Å². The number of carbonyl (C=O) groups excluding carboxylic acids is 1. The number of nitrogens with zero attached hydrogens (tertiary/aromatic N) is 2. The number of hydrogen-bond acceptors (Lipinski definition) is 7. The second kappa shape index (κ2) is 8.73. The van der Waals surface area contributed by atoms with Crippen molar-refractivity contribution in [2.24, 2.45) is 0 Å². The first-order valence-corrected chi connectivity index (χ1v) is 11.5. The number of rotatable bonds is 7. The van der Waals surface area contributed by atoms with E-state index < -0.39 is 15.9 Å². The normalized spacial score (nSPS) is 11.3. The molecule has 0 atom stereocenters. The standard InChI is InChI=1S/C20H21N3O4S2/c1-14-18(19(25)22-29(2,26)27)21-20(28-14)23(12-15-6-4-3-5-7-15)17-10-8-16(13-24)9-11-17/h3-11,24H,12-13H2,1-2H3,(H,22,25). The van der Waals surface area contributed by atoms with Crippen molar-refractivity contribution in [1.29, 1.82) is 0 Å². The lowest BCUT2D eigenvalue weighted by Gasteiger charge is -2.22. The number of carbonyl (C=O) groups is 1. The van der Waals surface area contributed by atoms with Crippen LogP contribution in [0.4, 0.5) is 10.8 Å². The number of anilines is 2. The van der Waals surface area contributed by atoms with Crippen molar-refractivity contribution >= 4 is 38.1 Å². The van der Waals surface area contributed by atoms with Crippen LogP contribution in [0.5, 0.6) is 0 Å². The first-order chi connectivity index (χ1) is 13.8. The van der Waals surface area contributed by atoms with E-state index in [2.05, 4.69) is 4.98 Å². The average molecular weight is 432 g/mol. The molecule has 3 rings (SSSR count). The Hall–Kier alpha value is -2.75. The lowest BCUT2D eigenvalue weighted by Crippen LogP contribution is -2.30. The van der Waals surface area contributed by atoms with Gasteiger partial charge in [0.25, 0.3) is 5.91 Å². The molecule has 7 nitrogen and oxygen atoms in total. The number of hydrogen-bond donors (Lipinski definition) is 2. The second-order valence-corrected chi connectivity index (χ2v) is 9.43. The SMILES string of the molecule is Cc1sc(N(Cc2ccccc2)c2ccc(CO)cc2)nc1C(=O)NS(C)(=O)=O. The van der Waals surface area contributed by atoms with E-state index >= 15 is 0 Å². The Morgan fingerprint density at radius 3 is 2.34 bits per heavy atom. The molecule has 0 saturated carbocycles. The van der Waals surface area contributed by atoms with Crippen LogP contribution in [0.25, 0.3) is 0 Å². The molecule has 0 aliphatic rings. The highest BCUT2D eigenvalue weighted by atomic mass is 32.2. The lowest BCUT2D eigenvalue weighted by molar-refractivity contribution is 0.0977. The number of aromatic nitrogens is 1. The summed E-state index contributed by atoms with van der Waals surface area (Å²) in [4.78, 5) is 19.3. The zero-order chi connectivity index (χ0) is 21.0. The number of amides is 1. The van der Waals surface area contributed by atoms with Crippen molar-refractivity contribution < 1.29 is 18.3 Å². The Kier molecular flexibility index (Phi) is 6.31. The molecule has 0 spiro atoms. The van der Waals surface area contributed by atoms with Crippen molar-refractivity contribution in [2.75, 3.05) is 11.2 Å². The largest absolute Gasteiger partial charge is 0.392 e. The number of sulfonamides is 1. The van der Waals surface area contributed by atoms with E-state index in [-0.39, 0.29) is 12.3 Å². The van der Waals surface area contributed by atoms with Crippen LogP contribution in [-0.2, 0) is 23.2 Å². The molecule has 0 bridgehead atoms. The van der Waals surface area contributed by atoms with Crippen LogP contribution in [0, 0.1) is 6.92 Å². The van der Waals surface area contributed by atoms with E-state index in [9.17, 15) is 18.3 Å². The molecule has 2 aromatic carbocycles. The molecular weight excluding hydrogens is 410 g/mol. The second-order valence-electron chi connectivity index (χ2n) is 6.50. The van der Waals surface area contributed by atoms with Gasteiger partial charge in [0.05, 0.1) is 19.4 Å². The molecule has 0 saturated heterocycles. The van der Waals surface area contributed by atoms with Gasteiger partial charge in [0.1, 0.15) is 5.69 Å². The summed E-state index contributed by atoms with van der Waals surface area (Å²) in [6.07, 6.45) is 0.929. The van der Waals surface area contributed by atoms with E-state index in [1.165, 1.54) is 11.3 Å². The minimum atomic E-state index is -3.68. The summed E-state index contributed by atoms with van der Waals surface area (Å²) in [5.74, 6) is -0.747. The first kappa shape index (κ1) is 21.0. The first-order valence-electron chi connectivity index (χ1n) is 8.77. The highest BCUT2D eigenvalue weighted by Crippen LogP contribution is 2.33. The molecule has 3 aromatic rings. The fourth-order valence-corrected chi connectivity index (χ4v) is 4.10. The van der Waals surface area contributed by atoms with Gasteiger partial charge in [-0.3, -0.25) is 4.79 Å². The molecule has 0 unspecified atom stereocenters. The van der Waals surface area contributed by atoms with E-state index in [4.69, 9.17) is 0 Å². The summed E-state index contributed by atoms with van der Waals surface area (Å²) in [6.45, 7) is 2.19. The van der Waals surface area contributed by atoms with Crippen molar-refractivity contribution in [3.8, 4) is 0 Å². The number of aryl methyl sites for hydroxylation is 1. The minimum Gasteiger partial charge on any atom is -0.392 e. The van der Waals surface area contributed by atoms with Gasteiger partial charge >= 0.3 is 0 Å². The third-order valence-electron chi connectivity index (χ3n) is 4.12. The Balaban J connectivity index is 1.99. The van der Waals surface area contributed by atoms with Crippen LogP contribution in [0.3, 0.4) is 0 Å². The monoisotopic (exact) mass is 431 g/mol. The van der Waals surface area contributed by atoms with E-state index in [0.717, 1.165) is 23.1 Å². The van der Waals surface area contributed by atoms with Crippen molar-refractivity contribution in [3.05, 3.63) is 76.3 Å². The van der Waals surface area contributed by atoms with Gasteiger partial charge in [-0.15, -0.1) is 11.3 Å². The maximum Gasteiger partial charge on any atom is 0.284 e. The predicted octanol–water partition coefficient (Wildman–Crippen LogP) is 2.97. The van der Waals surface area contributed by atoms with Crippen molar-refractivity contribution in [1.82, 2.24) is 9.71 Å². The summed E-state index contributed by atoms with van der Waals surface area (Å²) >= 11 is 1.31. The number of thiazole rings is 1. The average Bonchev–Trinajstić information content (AvgIpc) is 3.07. The summed E-state index contributed by atoms with van der Waals surface area (Å²) in [7, 11) is -3.68. The third kappa shape index (κ3) is 5.41. The summed E-state index contributed by atoms with van der Waals surface area (Å²) in [5, 5.41) is 9.87. The van der Waals surface area contributed by atoms with Crippen LogP contribution in [-0.4, -0.2) is 30.7 Å². The molecule has 0 fully saturated rings. The molecule has 29 heavy (non-hydrogen) atoms. The van der Waals surface area contributed by atoms with E-state index in [1.807, 2.05) is 64.2 Å². The molecule has 1 amide bonds. The number of aliphatic hydroxyl groups excluding tert-OH is 1. The van der Waals surface area contributed by atoms with Gasteiger partial charge in [-0.1, -0.05) is 42.5 Å². The molecule has 152 valence electrons. The van der Waals surface area contributed by atoms with Crippen LogP contribution in [0.1, 0.15) is 26.5 Å². The van der Waals surface area contributed by atoms with Gasteiger partial charge in [-0.25, -0.2) is 18.1 Å². The molecule has 0 radical (unpaired) electrons. The molecule has 1 heterocycles. The Morgan fingerprint density at radius 2 is 1.76 bits per heavy atom. The zero-order valence-electron chi connectivity index (χ0n) is 16.0. The smallest absolute Gasteiger partial charge is 0.284 e. The van der Waals surface area contributed by atoms with E-state index in [0.29, 0.717) is 16.6 Å². The highest BCUT2D eigenvalue weighted by molar-refractivity contribution is 7.89. The topological polar surface area (TPSA) is 99.6 Å². The lowest BCUT2D eigenvalue weighted by atomic mass is 10.1. The van der Waals surface area contributed by atoms with Crippen molar-refractivity contribution in [3.63, 3.8) is 0 Å². The summed E-state index contributed by atoms with van der Waals surface area (Å²) in [6, 6.07) is 17.2. The molecular formula is C20H21N3O4S2. The van der Waals surface area contributed by atoms with Crippen LogP contribution < -0.4 is 9.62 Å². The Labute approximate surface area is 173 Å². The fraction of sp³-hybridized carbons (Fsp3) is 0.200. The molecule has 2 N–H and O–H groups in total. The number of benzene rings is 2. The number of nitrogens with one attached hydrogen (secondary N) is 1. The quantitative estimate of drug-likeness (QED) is 0.597. The van der Waals surface area contributed by atoms with E-state index in [1.54, 1.807) is 6.92 Å². The molecule has 0 aliphatic heterocycles. The highest BCUT2D eigenvalue weighted by Gasteiger charge is 2.22. The molecule has 1 aromatic heterocycles. The Bertz CT molecular complexity index is 1090. The van der Waals surface area contributed by atoms with Crippen LogP contribution in [0.15, 0.2) is 54.6 Å². The third-order valence-corrected chi connectivity index (χ3v) is 5.67. The van der Waals surface area contributed by atoms with Gasteiger partial charge in [0.15, 0.2) is 5.13 Å². The summed E-state index contributed by atoms with van der Waals surface area (Å²) in [5.41, 5.74) is 2.76. The summed E-state index contributed by atoms with van der Waals surface area (Å²) < 4.78 is 24.8. The maximum absolute atomic E-state index is 12.3. The number of aliphatic hydroxyl groups is 1. The van der Waals surface area contributed by atoms with Gasteiger partial charge in [-0.2, -0.15) is 0 Å². The van der Waals surface area contributed by atoms with Gasteiger partial charge in [0.2, 0.25) is 10.0 Å². The van der Waals surface area contributed by atoms with Crippen molar-refractivity contribution in [2.45, 2.75) is 20.1 Å². The van der Waals surface area contributed by atoms with Gasteiger partial charge in [-0.05, 0) is 30.2 Å². The zero-order valence-corrected chi connectivity index (χ0v) is 17.6. The predicted molar refractivity (Wildman–Crippen MR) is 114 cm³/mol. The van der Waals surface area contributed by atoms with Crippen LogP contribution >= 0.6 is 11.3 Å². The minimum absolute atomic E-state index is 0.0505. The molecule has 0 aliphatic carbocycles. The fourth-order valence-electron chi connectivity index (χ4n) is 2.74. The Morgan fingerprint density at radius 1 is 1.10 bits per heavy atom.